The van der Waals surface area contributed by atoms with Gasteiger partial charge in [0.25, 0.3) is 0 Å². The zero-order chi connectivity index (χ0) is 9.10. The van der Waals surface area contributed by atoms with Crippen molar-refractivity contribution in [3.63, 3.8) is 0 Å². The molecule has 1 amide bonds. The summed E-state index contributed by atoms with van der Waals surface area (Å²) in [7, 11) is 0. The molecule has 1 atom stereocenters. The monoisotopic (exact) mass is 201 g/mol. The van der Waals surface area contributed by atoms with E-state index in [0.717, 1.165) is 24.0 Å². The standard InChI is InChI=1S/C7H11N3O2S/c11-7-10-3-5(12-7)4-13-6-8-1-2-9-6/h5H,1-4H2,(H,8,9)(H,10,11). The number of amides is 1. The predicted octanol–water partition coefficient (Wildman–Crippen LogP) is -0.213. The van der Waals surface area contributed by atoms with Crippen LogP contribution in [0.4, 0.5) is 4.79 Å². The Labute approximate surface area is 80.3 Å². The van der Waals surface area contributed by atoms with Crippen LogP contribution < -0.4 is 10.6 Å². The van der Waals surface area contributed by atoms with Gasteiger partial charge < -0.3 is 15.4 Å². The van der Waals surface area contributed by atoms with Crippen LogP contribution in [-0.2, 0) is 4.74 Å². The van der Waals surface area contributed by atoms with Crippen molar-refractivity contribution >= 4 is 23.0 Å². The molecule has 1 saturated heterocycles. The average molecular weight is 201 g/mol. The quantitative estimate of drug-likeness (QED) is 0.649. The Hall–Kier alpha value is -0.910. The first-order chi connectivity index (χ1) is 6.34. The van der Waals surface area contributed by atoms with E-state index in [9.17, 15) is 4.79 Å². The third kappa shape index (κ3) is 2.27. The maximum atomic E-state index is 10.7. The molecule has 0 bridgehead atoms. The molecule has 1 fully saturated rings. The minimum atomic E-state index is -0.313. The third-order valence-electron chi connectivity index (χ3n) is 1.80. The molecule has 13 heavy (non-hydrogen) atoms. The Morgan fingerprint density at radius 3 is 3.15 bits per heavy atom. The summed E-state index contributed by atoms with van der Waals surface area (Å²) < 4.78 is 4.97. The van der Waals surface area contributed by atoms with Crippen molar-refractivity contribution in [2.24, 2.45) is 4.99 Å². The van der Waals surface area contributed by atoms with Gasteiger partial charge in [-0.15, -0.1) is 0 Å². The van der Waals surface area contributed by atoms with Gasteiger partial charge >= 0.3 is 6.09 Å². The summed E-state index contributed by atoms with van der Waals surface area (Å²) in [5.74, 6) is 0.768. The summed E-state index contributed by atoms with van der Waals surface area (Å²) in [5.41, 5.74) is 0. The molecule has 2 heterocycles. The molecule has 2 rings (SSSR count). The highest BCUT2D eigenvalue weighted by Gasteiger charge is 2.23. The highest BCUT2D eigenvalue weighted by molar-refractivity contribution is 8.13. The highest BCUT2D eigenvalue weighted by Crippen LogP contribution is 2.11. The fourth-order valence-electron chi connectivity index (χ4n) is 1.17. The molecule has 0 saturated carbocycles. The van der Waals surface area contributed by atoms with Gasteiger partial charge in [-0.05, 0) is 0 Å². The van der Waals surface area contributed by atoms with Gasteiger partial charge in [0.1, 0.15) is 6.10 Å². The summed E-state index contributed by atoms with van der Waals surface area (Å²) in [6.45, 7) is 2.38. The van der Waals surface area contributed by atoms with Crippen LogP contribution in [0.1, 0.15) is 0 Å². The number of carbonyl (C=O) groups is 1. The Kier molecular flexibility index (Phi) is 2.58. The Morgan fingerprint density at radius 2 is 2.54 bits per heavy atom. The number of aliphatic imine (C=N–C) groups is 1. The van der Waals surface area contributed by atoms with E-state index in [0.29, 0.717) is 6.54 Å². The molecule has 72 valence electrons. The van der Waals surface area contributed by atoms with Gasteiger partial charge in [-0.2, -0.15) is 0 Å². The van der Waals surface area contributed by atoms with Crippen LogP contribution in [0.25, 0.3) is 0 Å². The van der Waals surface area contributed by atoms with Gasteiger partial charge in [-0.25, -0.2) is 4.79 Å². The molecule has 0 spiro atoms. The number of rotatable bonds is 2. The molecular formula is C7H11N3O2S. The normalized spacial score (nSPS) is 26.3. The molecular weight excluding hydrogens is 190 g/mol. The van der Waals surface area contributed by atoms with Gasteiger partial charge in [-0.3, -0.25) is 4.99 Å². The number of amidine groups is 1. The molecule has 5 nitrogen and oxygen atoms in total. The maximum absolute atomic E-state index is 10.7. The lowest BCUT2D eigenvalue weighted by Crippen LogP contribution is -2.21. The van der Waals surface area contributed by atoms with Crippen LogP contribution in [0.15, 0.2) is 4.99 Å². The van der Waals surface area contributed by atoms with Crippen molar-refractivity contribution < 1.29 is 9.53 Å². The number of cyclic esters (lactones) is 1. The van der Waals surface area contributed by atoms with E-state index in [2.05, 4.69) is 15.6 Å². The molecule has 0 aromatic rings. The molecule has 0 radical (unpaired) electrons. The van der Waals surface area contributed by atoms with Crippen molar-refractivity contribution in [1.29, 1.82) is 0 Å². The van der Waals surface area contributed by atoms with Crippen LogP contribution in [0.3, 0.4) is 0 Å². The number of alkyl carbamates (subject to hydrolysis) is 1. The van der Waals surface area contributed by atoms with E-state index in [1.54, 1.807) is 11.8 Å². The van der Waals surface area contributed by atoms with Crippen molar-refractivity contribution in [1.82, 2.24) is 10.6 Å². The maximum Gasteiger partial charge on any atom is 0.407 e. The zero-order valence-corrected chi connectivity index (χ0v) is 7.89. The van der Waals surface area contributed by atoms with Crippen LogP contribution in [0.5, 0.6) is 0 Å². The SMILES string of the molecule is O=C1NCC(CSC2=NCCN2)O1. The molecule has 2 aliphatic rings. The minimum absolute atomic E-state index is 0.0115. The van der Waals surface area contributed by atoms with Gasteiger partial charge in [0, 0.05) is 12.3 Å². The van der Waals surface area contributed by atoms with Crippen molar-refractivity contribution in [2.75, 3.05) is 25.4 Å². The Morgan fingerprint density at radius 1 is 1.62 bits per heavy atom. The lowest BCUT2D eigenvalue weighted by molar-refractivity contribution is 0.150. The van der Waals surface area contributed by atoms with Crippen molar-refractivity contribution in [2.45, 2.75) is 6.10 Å². The Bertz CT molecular complexity index is 244. The Balaban J connectivity index is 1.70. The first-order valence-electron chi connectivity index (χ1n) is 4.20. The molecule has 2 aliphatic heterocycles. The van der Waals surface area contributed by atoms with E-state index in [-0.39, 0.29) is 12.2 Å². The lowest BCUT2D eigenvalue weighted by atomic mass is 10.4. The fourth-order valence-corrected chi connectivity index (χ4v) is 2.09. The van der Waals surface area contributed by atoms with Gasteiger partial charge in [-0.1, -0.05) is 11.8 Å². The van der Waals surface area contributed by atoms with Crippen LogP contribution >= 0.6 is 11.8 Å². The average Bonchev–Trinajstić information content (AvgIpc) is 2.71. The third-order valence-corrected chi connectivity index (χ3v) is 2.88. The number of thioether (sulfide) groups is 1. The predicted molar refractivity (Wildman–Crippen MR) is 51.0 cm³/mol. The van der Waals surface area contributed by atoms with Crippen LogP contribution in [0, 0.1) is 0 Å². The summed E-state index contributed by atoms with van der Waals surface area (Å²) in [4.78, 5) is 14.9. The first kappa shape index (κ1) is 8.68. The van der Waals surface area contributed by atoms with Gasteiger partial charge in [0.05, 0.1) is 13.1 Å². The van der Waals surface area contributed by atoms with E-state index >= 15 is 0 Å². The zero-order valence-electron chi connectivity index (χ0n) is 7.08. The minimum Gasteiger partial charge on any atom is -0.443 e. The molecule has 6 heteroatoms. The number of hydrogen-bond donors (Lipinski definition) is 2. The summed E-state index contributed by atoms with van der Waals surface area (Å²) >= 11 is 1.60. The second kappa shape index (κ2) is 3.87. The highest BCUT2D eigenvalue weighted by atomic mass is 32.2. The van der Waals surface area contributed by atoms with E-state index < -0.39 is 0 Å². The summed E-state index contributed by atoms with van der Waals surface area (Å²) in [6.07, 6.45) is -0.325. The topological polar surface area (TPSA) is 62.7 Å². The summed E-state index contributed by atoms with van der Waals surface area (Å²) in [5, 5.41) is 6.72. The fraction of sp³-hybridized carbons (Fsp3) is 0.714. The second-order valence-corrected chi connectivity index (χ2v) is 3.84. The number of nitrogens with one attached hydrogen (secondary N) is 2. The van der Waals surface area contributed by atoms with Crippen LogP contribution in [-0.4, -0.2) is 42.8 Å². The smallest absolute Gasteiger partial charge is 0.407 e. The van der Waals surface area contributed by atoms with Crippen molar-refractivity contribution in [3.8, 4) is 0 Å². The van der Waals surface area contributed by atoms with E-state index in [4.69, 9.17) is 4.74 Å². The largest absolute Gasteiger partial charge is 0.443 e. The first-order valence-corrected chi connectivity index (χ1v) is 5.19. The molecule has 2 N–H and O–H groups in total. The number of ether oxygens (including phenoxy) is 1. The lowest BCUT2D eigenvalue weighted by Gasteiger charge is -2.06. The van der Waals surface area contributed by atoms with Gasteiger partial charge in [0.15, 0.2) is 5.17 Å². The van der Waals surface area contributed by atoms with Crippen molar-refractivity contribution in [3.05, 3.63) is 0 Å². The number of nitrogens with zero attached hydrogens (tertiary/aromatic N) is 1. The molecule has 1 unspecified atom stereocenters. The van der Waals surface area contributed by atoms with E-state index in [1.807, 2.05) is 0 Å². The summed E-state index contributed by atoms with van der Waals surface area (Å²) in [6, 6.07) is 0. The van der Waals surface area contributed by atoms with Gasteiger partial charge in [0.2, 0.25) is 0 Å². The second-order valence-electron chi connectivity index (χ2n) is 2.83. The van der Waals surface area contributed by atoms with Crippen LogP contribution in [0.2, 0.25) is 0 Å². The number of carbonyl (C=O) groups excluding carboxylic acids is 1. The van der Waals surface area contributed by atoms with E-state index in [1.165, 1.54) is 0 Å². The molecule has 0 aromatic carbocycles. The molecule has 0 aliphatic carbocycles. The number of hydrogen-bond acceptors (Lipinski definition) is 5. The molecule has 0 aromatic heterocycles.